The molecule has 3 N–H and O–H groups in total. The van der Waals surface area contributed by atoms with Crippen LogP contribution < -0.4 is 17.0 Å². The highest BCUT2D eigenvalue weighted by atomic mass is 32.2. The van der Waals surface area contributed by atoms with Gasteiger partial charge in [0.25, 0.3) is 5.56 Å². The molecule has 0 spiro atoms. The van der Waals surface area contributed by atoms with Crippen LogP contribution in [0.2, 0.25) is 0 Å². The monoisotopic (exact) mass is 392 g/mol. The average Bonchev–Trinajstić information content (AvgIpc) is 2.83. The van der Waals surface area contributed by atoms with Gasteiger partial charge in [-0.15, -0.1) is 10.2 Å². The highest BCUT2D eigenvalue weighted by Crippen LogP contribution is 2.22. The fourth-order valence-corrected chi connectivity index (χ4v) is 4.03. The van der Waals surface area contributed by atoms with Gasteiger partial charge >= 0.3 is 5.69 Å². The average molecular weight is 392 g/mol. The van der Waals surface area contributed by atoms with E-state index >= 15 is 0 Å². The Morgan fingerprint density at radius 2 is 2.04 bits per heavy atom. The number of fused-ring (bicyclic) bond motifs is 1. The molecule has 0 atom stereocenters. The van der Waals surface area contributed by atoms with E-state index in [-0.39, 0.29) is 23.1 Å². The van der Waals surface area contributed by atoms with Crippen LogP contribution >= 0.6 is 11.8 Å². The molecule has 0 amide bonds. The minimum absolute atomic E-state index is 0.00525. The van der Waals surface area contributed by atoms with Gasteiger partial charge in [-0.2, -0.15) is 0 Å². The molecule has 10 heteroatoms. The zero-order chi connectivity index (χ0) is 19.6. The number of nitrogen functional groups attached to an aromatic ring is 1. The van der Waals surface area contributed by atoms with Gasteiger partial charge in [-0.1, -0.05) is 32.0 Å². The second-order valence-corrected chi connectivity index (χ2v) is 8.04. The number of Topliss-reactive ketones (excluding diaryl/α,β-unsaturated/α-hetero) is 1. The number of aromatic nitrogens is 5. The topological polar surface area (TPSA) is 129 Å². The third-order valence-electron chi connectivity index (χ3n) is 4.47. The number of anilines is 1. The van der Waals surface area contributed by atoms with Gasteiger partial charge < -0.3 is 10.3 Å². The first-order valence-electron chi connectivity index (χ1n) is 9.09. The number of carbonyl (C=O) groups is 1. The van der Waals surface area contributed by atoms with Crippen LogP contribution in [-0.4, -0.2) is 35.9 Å². The van der Waals surface area contributed by atoms with Crippen molar-refractivity contribution in [3.05, 3.63) is 32.2 Å². The van der Waals surface area contributed by atoms with Gasteiger partial charge in [-0.05, 0) is 18.8 Å². The third kappa shape index (κ3) is 4.15. The maximum Gasteiger partial charge on any atom is 0.329 e. The lowest BCUT2D eigenvalue weighted by Crippen LogP contribution is -2.37. The minimum Gasteiger partial charge on any atom is -0.384 e. The number of H-pyrrole nitrogens is 1. The van der Waals surface area contributed by atoms with E-state index in [1.807, 2.05) is 18.4 Å². The molecule has 3 heterocycles. The first kappa shape index (κ1) is 19.4. The largest absolute Gasteiger partial charge is 0.384 e. The molecule has 1 aliphatic heterocycles. The Morgan fingerprint density at radius 1 is 1.26 bits per heavy atom. The van der Waals surface area contributed by atoms with Gasteiger partial charge in [0, 0.05) is 19.5 Å². The standard InChI is InChI=1S/C17H24N6O3S/c1-10(2)8-23-14(18)13(15(25)19-16(23)26)11(24)9-27-17-21-20-12-6-4-3-5-7-22(12)17/h10H,3-9,18H2,1-2H3,(H,19,25,26). The van der Waals surface area contributed by atoms with Crippen LogP contribution in [0.25, 0.3) is 0 Å². The fraction of sp³-hybridized carbons (Fsp3) is 0.588. The van der Waals surface area contributed by atoms with Gasteiger partial charge in [-0.25, -0.2) is 4.79 Å². The molecule has 27 heavy (non-hydrogen) atoms. The van der Waals surface area contributed by atoms with E-state index in [2.05, 4.69) is 15.2 Å². The van der Waals surface area contributed by atoms with Crippen LogP contribution in [0.5, 0.6) is 0 Å². The number of aromatic amines is 1. The Balaban J connectivity index is 1.82. The normalized spacial score (nSPS) is 14.2. The molecule has 0 aliphatic carbocycles. The lowest BCUT2D eigenvalue weighted by atomic mass is 10.2. The molecular weight excluding hydrogens is 368 g/mol. The fourth-order valence-electron chi connectivity index (χ4n) is 3.17. The van der Waals surface area contributed by atoms with Crippen molar-refractivity contribution in [2.24, 2.45) is 5.92 Å². The number of ketones is 1. The number of hydrogen-bond acceptors (Lipinski definition) is 7. The first-order valence-corrected chi connectivity index (χ1v) is 10.1. The van der Waals surface area contributed by atoms with Crippen LogP contribution in [0.15, 0.2) is 14.7 Å². The summed E-state index contributed by atoms with van der Waals surface area (Å²) in [4.78, 5) is 39.0. The van der Waals surface area contributed by atoms with E-state index < -0.39 is 17.0 Å². The summed E-state index contributed by atoms with van der Waals surface area (Å²) in [5.41, 5.74) is 4.48. The Hall–Kier alpha value is -2.36. The highest BCUT2D eigenvalue weighted by molar-refractivity contribution is 7.99. The zero-order valence-electron chi connectivity index (χ0n) is 15.5. The minimum atomic E-state index is -0.747. The van der Waals surface area contributed by atoms with E-state index in [1.54, 1.807) is 0 Å². The van der Waals surface area contributed by atoms with Crippen LogP contribution in [0, 0.1) is 5.92 Å². The van der Waals surface area contributed by atoms with Crippen molar-refractivity contribution in [1.29, 1.82) is 0 Å². The van der Waals surface area contributed by atoms with E-state index in [4.69, 9.17) is 5.73 Å². The maximum absolute atomic E-state index is 12.7. The molecule has 0 saturated heterocycles. The summed E-state index contributed by atoms with van der Waals surface area (Å²) in [7, 11) is 0. The molecule has 1 aliphatic rings. The Bertz CT molecular complexity index is 959. The summed E-state index contributed by atoms with van der Waals surface area (Å²) >= 11 is 1.24. The van der Waals surface area contributed by atoms with Gasteiger partial charge in [0.15, 0.2) is 10.9 Å². The second-order valence-electron chi connectivity index (χ2n) is 7.10. The molecular formula is C17H24N6O3S. The van der Waals surface area contributed by atoms with Crippen LogP contribution in [-0.2, 0) is 19.5 Å². The number of carbonyl (C=O) groups excluding carboxylic acids is 1. The molecule has 0 fully saturated rings. The van der Waals surface area contributed by atoms with E-state index in [9.17, 15) is 14.4 Å². The van der Waals surface area contributed by atoms with Crippen LogP contribution in [0.1, 0.15) is 49.3 Å². The summed E-state index contributed by atoms with van der Waals surface area (Å²) < 4.78 is 3.28. The van der Waals surface area contributed by atoms with Crippen LogP contribution in [0.4, 0.5) is 5.82 Å². The van der Waals surface area contributed by atoms with Gasteiger partial charge in [0.1, 0.15) is 17.2 Å². The molecule has 2 aromatic rings. The summed E-state index contributed by atoms with van der Waals surface area (Å²) in [6.45, 7) is 5.00. The molecule has 3 rings (SSSR count). The number of thioether (sulfide) groups is 1. The number of aryl methyl sites for hydroxylation is 1. The Morgan fingerprint density at radius 3 is 2.78 bits per heavy atom. The molecule has 0 bridgehead atoms. The molecule has 9 nitrogen and oxygen atoms in total. The number of nitrogens with zero attached hydrogens (tertiary/aromatic N) is 4. The number of hydrogen-bond donors (Lipinski definition) is 2. The van der Waals surface area contributed by atoms with E-state index in [1.165, 1.54) is 16.3 Å². The molecule has 2 aromatic heterocycles. The number of nitrogens with one attached hydrogen (secondary N) is 1. The summed E-state index contributed by atoms with van der Waals surface area (Å²) in [5, 5.41) is 9.05. The molecule has 0 aromatic carbocycles. The summed E-state index contributed by atoms with van der Waals surface area (Å²) in [5.74, 6) is 0.570. The van der Waals surface area contributed by atoms with Crippen molar-refractivity contribution in [2.75, 3.05) is 11.5 Å². The molecule has 0 radical (unpaired) electrons. The zero-order valence-corrected chi connectivity index (χ0v) is 16.3. The number of nitrogens with two attached hydrogens (primary N) is 1. The van der Waals surface area contributed by atoms with Crippen LogP contribution in [0.3, 0.4) is 0 Å². The van der Waals surface area contributed by atoms with Gasteiger partial charge in [0.05, 0.1) is 5.75 Å². The van der Waals surface area contributed by atoms with Crippen molar-refractivity contribution in [3.63, 3.8) is 0 Å². The predicted octanol–water partition coefficient (Wildman–Crippen LogP) is 1.07. The van der Waals surface area contributed by atoms with E-state index in [0.717, 1.165) is 38.1 Å². The third-order valence-corrected chi connectivity index (χ3v) is 5.44. The number of rotatable bonds is 6. The Labute approximate surface area is 160 Å². The van der Waals surface area contributed by atoms with Crippen molar-refractivity contribution in [3.8, 4) is 0 Å². The first-order chi connectivity index (χ1) is 12.9. The Kier molecular flexibility index (Phi) is 5.83. The predicted molar refractivity (Wildman–Crippen MR) is 103 cm³/mol. The molecule has 146 valence electrons. The smallest absolute Gasteiger partial charge is 0.329 e. The van der Waals surface area contributed by atoms with Crippen molar-refractivity contribution >= 4 is 23.4 Å². The van der Waals surface area contributed by atoms with Gasteiger partial charge in [0.2, 0.25) is 0 Å². The second kappa shape index (κ2) is 8.12. The highest BCUT2D eigenvalue weighted by Gasteiger charge is 2.22. The molecule has 0 unspecified atom stereocenters. The van der Waals surface area contributed by atoms with Crippen molar-refractivity contribution in [1.82, 2.24) is 24.3 Å². The SMILES string of the molecule is CC(C)Cn1c(N)c(C(=O)CSc2nnc3n2CCCCC3)c(=O)[nH]c1=O. The van der Waals surface area contributed by atoms with Crippen molar-refractivity contribution < 1.29 is 4.79 Å². The van der Waals surface area contributed by atoms with E-state index in [0.29, 0.717) is 11.7 Å². The quantitative estimate of drug-likeness (QED) is 0.555. The molecule has 0 saturated carbocycles. The lowest BCUT2D eigenvalue weighted by Gasteiger charge is -2.13. The lowest BCUT2D eigenvalue weighted by molar-refractivity contribution is 0.102. The summed E-state index contributed by atoms with van der Waals surface area (Å²) in [6, 6.07) is 0. The van der Waals surface area contributed by atoms with Gasteiger partial charge in [-0.3, -0.25) is 19.1 Å². The van der Waals surface area contributed by atoms with Crippen molar-refractivity contribution in [2.45, 2.75) is 57.8 Å². The maximum atomic E-state index is 12.7. The summed E-state index contributed by atoms with van der Waals surface area (Å²) in [6.07, 6.45) is 4.17.